The van der Waals surface area contributed by atoms with Crippen LogP contribution in [-0.2, 0) is 19.4 Å². The summed E-state index contributed by atoms with van der Waals surface area (Å²) < 4.78 is 2.58. The molecule has 2 rings (SSSR count). The number of anilines is 1. The van der Waals surface area contributed by atoms with E-state index in [0.717, 1.165) is 25.1 Å². The summed E-state index contributed by atoms with van der Waals surface area (Å²) in [6, 6.07) is 12.7. The van der Waals surface area contributed by atoms with Crippen molar-refractivity contribution in [1.82, 2.24) is 0 Å². The first-order valence-electron chi connectivity index (χ1n) is 10.8. The van der Waals surface area contributed by atoms with Crippen molar-refractivity contribution in [3.63, 3.8) is 0 Å². The molecule has 1 heterocycles. The molecule has 0 spiro atoms. The SMILES string of the molecule is CCCCc1cc(N)c(C=Cc2ccccc2)c(CCCC)[n+]1CCCC.[I-]. The number of aryl methyl sites for hydroxylation is 1. The summed E-state index contributed by atoms with van der Waals surface area (Å²) in [5.41, 5.74) is 12.7. The van der Waals surface area contributed by atoms with Crippen molar-refractivity contribution in [2.45, 2.75) is 78.7 Å². The predicted molar refractivity (Wildman–Crippen MR) is 119 cm³/mol. The van der Waals surface area contributed by atoms with Crippen molar-refractivity contribution in [3.8, 4) is 0 Å². The highest BCUT2D eigenvalue weighted by molar-refractivity contribution is 5.76. The molecule has 0 unspecified atom stereocenters. The quantitative estimate of drug-likeness (QED) is 0.379. The minimum Gasteiger partial charge on any atom is -1.00 e. The molecule has 0 aliphatic heterocycles. The van der Waals surface area contributed by atoms with Crippen LogP contribution in [0.3, 0.4) is 0 Å². The molecule has 2 aromatic rings. The number of rotatable bonds is 11. The highest BCUT2D eigenvalue weighted by atomic mass is 127. The fourth-order valence-corrected chi connectivity index (χ4v) is 3.53. The van der Waals surface area contributed by atoms with Crippen LogP contribution in [0.4, 0.5) is 5.69 Å². The van der Waals surface area contributed by atoms with Crippen molar-refractivity contribution in [1.29, 1.82) is 0 Å². The summed E-state index contributed by atoms with van der Waals surface area (Å²) in [6.07, 6.45) is 13.9. The Morgan fingerprint density at radius 3 is 2.14 bits per heavy atom. The van der Waals surface area contributed by atoms with E-state index in [1.807, 2.05) is 0 Å². The van der Waals surface area contributed by atoms with Gasteiger partial charge in [0.05, 0.1) is 11.3 Å². The Hall–Kier alpha value is -1.36. The third-order valence-corrected chi connectivity index (χ3v) is 5.15. The monoisotopic (exact) mass is 492 g/mol. The largest absolute Gasteiger partial charge is 1.00 e. The van der Waals surface area contributed by atoms with Crippen molar-refractivity contribution < 1.29 is 28.5 Å². The van der Waals surface area contributed by atoms with Crippen LogP contribution in [0.2, 0.25) is 0 Å². The van der Waals surface area contributed by atoms with Gasteiger partial charge < -0.3 is 29.7 Å². The number of benzene rings is 1. The van der Waals surface area contributed by atoms with Crippen molar-refractivity contribution in [2.75, 3.05) is 5.73 Å². The van der Waals surface area contributed by atoms with Gasteiger partial charge >= 0.3 is 0 Å². The average molecular weight is 492 g/mol. The Morgan fingerprint density at radius 2 is 1.50 bits per heavy atom. The zero-order valence-corrected chi connectivity index (χ0v) is 20.0. The van der Waals surface area contributed by atoms with Crippen molar-refractivity contribution in [2.24, 2.45) is 0 Å². The maximum atomic E-state index is 6.56. The molecule has 28 heavy (non-hydrogen) atoms. The number of halogens is 1. The molecule has 1 aromatic carbocycles. The number of nitrogens with two attached hydrogens (primary N) is 1. The molecule has 0 amide bonds. The van der Waals surface area contributed by atoms with E-state index in [0.29, 0.717) is 0 Å². The van der Waals surface area contributed by atoms with Gasteiger partial charge in [-0.1, -0.05) is 76.4 Å². The lowest BCUT2D eigenvalue weighted by atomic mass is 10.0. The van der Waals surface area contributed by atoms with Crippen LogP contribution in [0.15, 0.2) is 36.4 Å². The molecule has 3 heteroatoms. The molecule has 0 bridgehead atoms. The smallest absolute Gasteiger partial charge is 0.190 e. The van der Waals surface area contributed by atoms with Gasteiger partial charge in [0.1, 0.15) is 6.54 Å². The van der Waals surface area contributed by atoms with Crippen molar-refractivity contribution >= 4 is 17.8 Å². The van der Waals surface area contributed by atoms with E-state index >= 15 is 0 Å². The van der Waals surface area contributed by atoms with Crippen LogP contribution in [0.1, 0.15) is 81.8 Å². The van der Waals surface area contributed by atoms with E-state index in [4.69, 9.17) is 5.73 Å². The molecule has 0 saturated carbocycles. The fraction of sp³-hybridized carbons (Fsp3) is 0.480. The first-order chi connectivity index (χ1) is 13.2. The first-order valence-corrected chi connectivity index (χ1v) is 10.8. The molecule has 2 N–H and O–H groups in total. The molecule has 0 aliphatic rings. The van der Waals surface area contributed by atoms with E-state index in [9.17, 15) is 0 Å². The van der Waals surface area contributed by atoms with Gasteiger partial charge in [-0.3, -0.25) is 0 Å². The second-order valence-corrected chi connectivity index (χ2v) is 7.41. The number of pyridine rings is 1. The normalized spacial score (nSPS) is 11.0. The van der Waals surface area contributed by atoms with Crippen LogP contribution >= 0.6 is 0 Å². The Balaban J connectivity index is 0.00000392. The average Bonchev–Trinajstić information content (AvgIpc) is 2.69. The molecule has 2 nitrogen and oxygen atoms in total. The zero-order valence-electron chi connectivity index (χ0n) is 17.9. The molecule has 154 valence electrons. The summed E-state index contributed by atoms with van der Waals surface area (Å²) >= 11 is 0. The van der Waals surface area contributed by atoms with Gasteiger partial charge in [-0.05, 0) is 24.5 Å². The molecular weight excluding hydrogens is 455 g/mol. The Labute approximate surface area is 189 Å². The number of aromatic nitrogens is 1. The summed E-state index contributed by atoms with van der Waals surface area (Å²) in [5, 5.41) is 0. The number of hydrogen-bond acceptors (Lipinski definition) is 1. The Bertz CT molecular complexity index is 723. The van der Waals surface area contributed by atoms with Gasteiger partial charge in [-0.25, -0.2) is 0 Å². The summed E-state index contributed by atoms with van der Waals surface area (Å²) in [5.74, 6) is 0. The van der Waals surface area contributed by atoms with E-state index in [2.05, 4.69) is 73.9 Å². The van der Waals surface area contributed by atoms with E-state index in [1.54, 1.807) is 0 Å². The van der Waals surface area contributed by atoms with Gasteiger partial charge in [0.25, 0.3) is 0 Å². The van der Waals surface area contributed by atoms with Gasteiger partial charge in [-0.2, -0.15) is 4.57 Å². The number of hydrogen-bond donors (Lipinski definition) is 1. The Morgan fingerprint density at radius 1 is 0.857 bits per heavy atom. The van der Waals surface area contributed by atoms with Gasteiger partial charge in [0.15, 0.2) is 11.4 Å². The highest BCUT2D eigenvalue weighted by Crippen LogP contribution is 2.22. The van der Waals surface area contributed by atoms with Crippen LogP contribution in [0.25, 0.3) is 12.2 Å². The number of nitrogen functional groups attached to an aromatic ring is 1. The summed E-state index contributed by atoms with van der Waals surface area (Å²) in [6.45, 7) is 7.89. The molecule has 0 atom stereocenters. The zero-order chi connectivity index (χ0) is 19.5. The third kappa shape index (κ3) is 7.23. The van der Waals surface area contributed by atoms with Crippen LogP contribution in [0, 0.1) is 0 Å². The van der Waals surface area contributed by atoms with Gasteiger partial charge in [0.2, 0.25) is 0 Å². The fourth-order valence-electron chi connectivity index (χ4n) is 3.53. The number of nitrogens with zero attached hydrogens (tertiary/aromatic N) is 1. The maximum Gasteiger partial charge on any atom is 0.190 e. The highest BCUT2D eigenvalue weighted by Gasteiger charge is 2.22. The van der Waals surface area contributed by atoms with Crippen LogP contribution < -0.4 is 34.3 Å². The standard InChI is InChI=1S/C25H36N2.HI/c1-4-7-15-22-20-24(26)23(18-17-21-13-11-10-12-14-21)25(16-8-5-2)27(22)19-9-6-3;/h10-14,17-18,20,26H,4-9,15-16,19H2,1-3H3;1H. The molecule has 1 aromatic heterocycles. The lowest BCUT2D eigenvalue weighted by Crippen LogP contribution is -3.00. The second-order valence-electron chi connectivity index (χ2n) is 7.41. The Kier molecular flexibility index (Phi) is 12.1. The maximum absolute atomic E-state index is 6.56. The minimum absolute atomic E-state index is 0. The summed E-state index contributed by atoms with van der Waals surface area (Å²) in [7, 11) is 0. The summed E-state index contributed by atoms with van der Waals surface area (Å²) in [4.78, 5) is 0. The molecule has 0 saturated heterocycles. The van der Waals surface area contributed by atoms with Crippen LogP contribution in [-0.4, -0.2) is 0 Å². The topological polar surface area (TPSA) is 29.9 Å². The second kappa shape index (κ2) is 13.8. The van der Waals surface area contributed by atoms with E-state index < -0.39 is 0 Å². The third-order valence-electron chi connectivity index (χ3n) is 5.15. The first kappa shape index (κ1) is 24.7. The number of unbranched alkanes of at least 4 members (excludes halogenated alkanes) is 3. The van der Waals surface area contributed by atoms with Crippen LogP contribution in [0.5, 0.6) is 0 Å². The van der Waals surface area contributed by atoms with Gasteiger partial charge in [-0.15, -0.1) is 0 Å². The lowest BCUT2D eigenvalue weighted by molar-refractivity contribution is -0.711. The van der Waals surface area contributed by atoms with Crippen molar-refractivity contribution in [3.05, 3.63) is 58.9 Å². The lowest BCUT2D eigenvalue weighted by Gasteiger charge is -2.14. The molecule has 0 radical (unpaired) electrons. The van der Waals surface area contributed by atoms with E-state index in [-0.39, 0.29) is 24.0 Å². The predicted octanol–water partition coefficient (Wildman–Crippen LogP) is 3.22. The molecule has 0 fully saturated rings. The molecule has 0 aliphatic carbocycles. The van der Waals surface area contributed by atoms with Gasteiger partial charge in [0, 0.05) is 25.3 Å². The van der Waals surface area contributed by atoms with E-state index in [1.165, 1.54) is 61.0 Å². The minimum atomic E-state index is 0. The molecular formula is C25H37IN2.